The molecule has 5 nitrogen and oxygen atoms in total. The summed E-state index contributed by atoms with van der Waals surface area (Å²) in [5, 5.41) is 15.1. The van der Waals surface area contributed by atoms with Crippen LogP contribution in [0.4, 0.5) is 4.39 Å². The largest absolute Gasteiger partial charge is 0.310 e. The number of nitrogens with one attached hydrogen (secondary N) is 1. The summed E-state index contributed by atoms with van der Waals surface area (Å²) in [5.74, 6) is 1.22. The van der Waals surface area contributed by atoms with Crippen molar-refractivity contribution in [2.24, 2.45) is 5.92 Å². The summed E-state index contributed by atoms with van der Waals surface area (Å²) < 4.78 is 15.4. The molecule has 1 heterocycles. The van der Waals surface area contributed by atoms with Gasteiger partial charge in [0.05, 0.1) is 13.1 Å². The molecule has 0 aliphatic heterocycles. The zero-order chi connectivity index (χ0) is 15.4. The topological polar surface area (TPSA) is 55.6 Å². The SMILES string of the molecule is Cc1cc(Cn2nnnc2CNCC(C)C)cc(C)c1F. The Morgan fingerprint density at radius 1 is 1.24 bits per heavy atom. The standard InChI is InChI=1S/C15H22FN5/c1-10(2)7-17-8-14-18-19-20-21(14)9-13-5-11(3)15(16)12(4)6-13/h5-6,10,17H,7-9H2,1-4H3. The van der Waals surface area contributed by atoms with Crippen LogP contribution < -0.4 is 5.32 Å². The first-order chi connectivity index (χ1) is 9.97. The first-order valence-corrected chi connectivity index (χ1v) is 7.18. The van der Waals surface area contributed by atoms with Crippen LogP contribution in [0, 0.1) is 25.6 Å². The molecule has 0 fully saturated rings. The van der Waals surface area contributed by atoms with Gasteiger partial charge in [-0.05, 0) is 53.4 Å². The van der Waals surface area contributed by atoms with Crippen LogP contribution >= 0.6 is 0 Å². The molecular formula is C15H22FN5. The molecule has 0 saturated heterocycles. The van der Waals surface area contributed by atoms with E-state index in [2.05, 4.69) is 34.7 Å². The summed E-state index contributed by atoms with van der Waals surface area (Å²) in [6, 6.07) is 3.69. The van der Waals surface area contributed by atoms with Gasteiger partial charge in [0.15, 0.2) is 5.82 Å². The number of nitrogens with zero attached hydrogens (tertiary/aromatic N) is 4. The highest BCUT2D eigenvalue weighted by molar-refractivity contribution is 5.30. The molecule has 0 unspecified atom stereocenters. The molecule has 114 valence electrons. The van der Waals surface area contributed by atoms with E-state index in [1.165, 1.54) is 0 Å². The van der Waals surface area contributed by atoms with Gasteiger partial charge in [0, 0.05) is 0 Å². The molecule has 0 amide bonds. The number of tetrazole rings is 1. The smallest absolute Gasteiger partial charge is 0.165 e. The third-order valence-corrected chi connectivity index (χ3v) is 3.27. The third kappa shape index (κ3) is 4.07. The van der Waals surface area contributed by atoms with E-state index >= 15 is 0 Å². The number of hydrogen-bond donors (Lipinski definition) is 1. The van der Waals surface area contributed by atoms with Crippen LogP contribution in [0.5, 0.6) is 0 Å². The Kier molecular flexibility index (Phi) is 5.01. The second-order valence-corrected chi connectivity index (χ2v) is 5.82. The normalized spacial score (nSPS) is 11.3. The van der Waals surface area contributed by atoms with Gasteiger partial charge in [0.1, 0.15) is 5.82 Å². The summed E-state index contributed by atoms with van der Waals surface area (Å²) in [5.41, 5.74) is 2.30. The van der Waals surface area contributed by atoms with Crippen LogP contribution in [-0.2, 0) is 13.1 Å². The van der Waals surface area contributed by atoms with Crippen LogP contribution in [0.2, 0.25) is 0 Å². The molecule has 0 spiro atoms. The molecule has 0 saturated carbocycles. The zero-order valence-electron chi connectivity index (χ0n) is 13.0. The average Bonchev–Trinajstić information content (AvgIpc) is 2.83. The Labute approximate surface area is 124 Å². The summed E-state index contributed by atoms with van der Waals surface area (Å²) in [7, 11) is 0. The predicted molar refractivity (Wildman–Crippen MR) is 79.3 cm³/mol. The second kappa shape index (κ2) is 6.76. The minimum atomic E-state index is -0.144. The van der Waals surface area contributed by atoms with Crippen molar-refractivity contribution < 1.29 is 4.39 Å². The number of aryl methyl sites for hydroxylation is 2. The highest BCUT2D eigenvalue weighted by Gasteiger charge is 2.09. The number of hydrogen-bond acceptors (Lipinski definition) is 4. The minimum absolute atomic E-state index is 0.144. The maximum Gasteiger partial charge on any atom is 0.165 e. The molecule has 0 aliphatic rings. The highest BCUT2D eigenvalue weighted by Crippen LogP contribution is 2.15. The Morgan fingerprint density at radius 2 is 1.90 bits per heavy atom. The molecule has 2 rings (SSSR count). The lowest BCUT2D eigenvalue weighted by molar-refractivity contribution is 0.522. The van der Waals surface area contributed by atoms with Gasteiger partial charge in [-0.3, -0.25) is 0 Å². The van der Waals surface area contributed by atoms with Crippen molar-refractivity contribution in [3.8, 4) is 0 Å². The lowest BCUT2D eigenvalue weighted by atomic mass is 10.1. The molecule has 0 radical (unpaired) electrons. The lowest BCUT2D eigenvalue weighted by Crippen LogP contribution is -2.22. The molecule has 0 aliphatic carbocycles. The maximum absolute atomic E-state index is 13.7. The van der Waals surface area contributed by atoms with E-state index in [1.54, 1.807) is 18.5 Å². The minimum Gasteiger partial charge on any atom is -0.310 e. The van der Waals surface area contributed by atoms with Crippen molar-refractivity contribution in [1.29, 1.82) is 0 Å². The van der Waals surface area contributed by atoms with Gasteiger partial charge < -0.3 is 5.32 Å². The molecule has 0 bridgehead atoms. The van der Waals surface area contributed by atoms with Gasteiger partial charge in [0.2, 0.25) is 0 Å². The Hall–Kier alpha value is -1.82. The Balaban J connectivity index is 2.08. The van der Waals surface area contributed by atoms with E-state index in [9.17, 15) is 4.39 Å². The fourth-order valence-corrected chi connectivity index (χ4v) is 2.25. The maximum atomic E-state index is 13.7. The van der Waals surface area contributed by atoms with Crippen molar-refractivity contribution in [2.45, 2.75) is 40.8 Å². The van der Waals surface area contributed by atoms with Crippen LogP contribution in [0.3, 0.4) is 0 Å². The van der Waals surface area contributed by atoms with E-state index in [-0.39, 0.29) is 5.82 Å². The molecule has 6 heteroatoms. The van der Waals surface area contributed by atoms with Gasteiger partial charge in [-0.15, -0.1) is 5.10 Å². The molecule has 1 aromatic carbocycles. The molecule has 2 aromatic rings. The number of rotatable bonds is 6. The summed E-state index contributed by atoms with van der Waals surface area (Å²) in [4.78, 5) is 0. The quantitative estimate of drug-likeness (QED) is 0.886. The first-order valence-electron chi connectivity index (χ1n) is 7.18. The number of benzene rings is 1. The van der Waals surface area contributed by atoms with Crippen molar-refractivity contribution in [3.05, 3.63) is 40.5 Å². The van der Waals surface area contributed by atoms with Gasteiger partial charge in [0.25, 0.3) is 0 Å². The Bertz CT molecular complexity index is 583. The monoisotopic (exact) mass is 291 g/mol. The molecule has 0 atom stereocenters. The summed E-state index contributed by atoms with van der Waals surface area (Å²) >= 11 is 0. The van der Waals surface area contributed by atoms with E-state index in [0.717, 1.165) is 17.9 Å². The first kappa shape index (κ1) is 15.6. The molecule has 1 aromatic heterocycles. The van der Waals surface area contributed by atoms with Gasteiger partial charge in [-0.2, -0.15) is 0 Å². The van der Waals surface area contributed by atoms with Gasteiger partial charge in [-0.1, -0.05) is 26.0 Å². The third-order valence-electron chi connectivity index (χ3n) is 3.27. The number of halogens is 1. The van der Waals surface area contributed by atoms with Crippen LogP contribution in [0.1, 0.15) is 36.4 Å². The summed E-state index contributed by atoms with van der Waals surface area (Å²) in [6.07, 6.45) is 0. The van der Waals surface area contributed by atoms with Gasteiger partial charge >= 0.3 is 0 Å². The van der Waals surface area contributed by atoms with E-state index in [0.29, 0.717) is 30.1 Å². The summed E-state index contributed by atoms with van der Waals surface area (Å²) in [6.45, 7) is 9.95. The Morgan fingerprint density at radius 3 is 2.52 bits per heavy atom. The van der Waals surface area contributed by atoms with Crippen molar-refractivity contribution in [1.82, 2.24) is 25.5 Å². The van der Waals surface area contributed by atoms with Crippen molar-refractivity contribution in [2.75, 3.05) is 6.54 Å². The van der Waals surface area contributed by atoms with E-state index in [1.807, 2.05) is 12.1 Å². The fraction of sp³-hybridized carbons (Fsp3) is 0.533. The van der Waals surface area contributed by atoms with Crippen LogP contribution in [-0.4, -0.2) is 26.8 Å². The predicted octanol–water partition coefficient (Wildman–Crippen LogP) is 2.22. The molecule has 1 N–H and O–H groups in total. The molecule has 21 heavy (non-hydrogen) atoms. The van der Waals surface area contributed by atoms with Crippen molar-refractivity contribution in [3.63, 3.8) is 0 Å². The van der Waals surface area contributed by atoms with Crippen LogP contribution in [0.25, 0.3) is 0 Å². The highest BCUT2D eigenvalue weighted by atomic mass is 19.1. The van der Waals surface area contributed by atoms with Gasteiger partial charge in [-0.25, -0.2) is 9.07 Å². The fourth-order valence-electron chi connectivity index (χ4n) is 2.25. The number of aromatic nitrogens is 4. The van der Waals surface area contributed by atoms with Crippen molar-refractivity contribution >= 4 is 0 Å². The lowest BCUT2D eigenvalue weighted by Gasteiger charge is -2.09. The van der Waals surface area contributed by atoms with Crippen LogP contribution in [0.15, 0.2) is 12.1 Å². The van der Waals surface area contributed by atoms with E-state index in [4.69, 9.17) is 0 Å². The van der Waals surface area contributed by atoms with E-state index < -0.39 is 0 Å². The zero-order valence-corrected chi connectivity index (χ0v) is 13.0. The average molecular weight is 291 g/mol. The molecular weight excluding hydrogens is 269 g/mol. The second-order valence-electron chi connectivity index (χ2n) is 5.82.